The molecule has 0 radical (unpaired) electrons. The van der Waals surface area contributed by atoms with Gasteiger partial charge in [0.25, 0.3) is 0 Å². The maximum absolute atomic E-state index is 4.76. The molecule has 0 fully saturated rings. The van der Waals surface area contributed by atoms with Crippen LogP contribution in [0.25, 0.3) is 10.2 Å². The molecule has 0 atom stereocenters. The molecule has 0 amide bonds. The lowest BCUT2D eigenvalue weighted by Crippen LogP contribution is -1.98. The third-order valence-corrected chi connectivity index (χ3v) is 3.75. The molecule has 3 rings (SSSR count). The quantitative estimate of drug-likeness (QED) is 0.802. The molecule has 0 aliphatic heterocycles. The first-order valence-electron chi connectivity index (χ1n) is 5.00. The third-order valence-electron chi connectivity index (χ3n) is 2.26. The van der Waals surface area contributed by atoms with Crippen LogP contribution in [0, 0.1) is 0 Å². The van der Waals surface area contributed by atoms with Crippen LogP contribution < -0.4 is 5.32 Å². The molecule has 6 heteroatoms. The summed E-state index contributed by atoms with van der Waals surface area (Å²) >= 11 is 5.06. The van der Waals surface area contributed by atoms with Crippen LogP contribution in [0.5, 0.6) is 0 Å². The van der Waals surface area contributed by atoms with Gasteiger partial charge in [-0.2, -0.15) is 0 Å². The minimum Gasteiger partial charge on any atom is -0.364 e. The highest BCUT2D eigenvalue weighted by Gasteiger charge is 2.04. The van der Waals surface area contributed by atoms with Crippen molar-refractivity contribution in [1.29, 1.82) is 0 Å². The van der Waals surface area contributed by atoms with Gasteiger partial charge >= 0.3 is 0 Å². The van der Waals surface area contributed by atoms with Crippen molar-refractivity contribution in [2.45, 2.75) is 6.54 Å². The Morgan fingerprint density at radius 2 is 2.29 bits per heavy atom. The fourth-order valence-electron chi connectivity index (χ4n) is 1.47. The lowest BCUT2D eigenvalue weighted by Gasteiger charge is -1.96. The van der Waals surface area contributed by atoms with Gasteiger partial charge in [-0.05, 0) is 18.2 Å². The monoisotopic (exact) mass is 309 g/mol. The van der Waals surface area contributed by atoms with Gasteiger partial charge in [0.15, 0.2) is 5.13 Å². The molecule has 86 valence electrons. The minimum absolute atomic E-state index is 0.623. The summed E-state index contributed by atoms with van der Waals surface area (Å²) in [6.07, 6.45) is 1.56. The number of hydrogen-bond acceptors (Lipinski definition) is 5. The van der Waals surface area contributed by atoms with Gasteiger partial charge in [0, 0.05) is 10.5 Å². The fourth-order valence-corrected chi connectivity index (χ4v) is 2.66. The summed E-state index contributed by atoms with van der Waals surface area (Å²) in [5.41, 5.74) is 1.86. The smallest absolute Gasteiger partial charge is 0.184 e. The van der Waals surface area contributed by atoms with Gasteiger partial charge < -0.3 is 9.84 Å². The van der Waals surface area contributed by atoms with Gasteiger partial charge in [-0.3, -0.25) is 0 Å². The summed E-state index contributed by atoms with van der Waals surface area (Å²) in [7, 11) is 0. The van der Waals surface area contributed by atoms with Crippen molar-refractivity contribution in [3.05, 3.63) is 40.7 Å². The standard InChI is InChI=1S/C11H8BrN3OS/c12-7-1-2-10-9(5-7)14-11(17-10)13-6-8-3-4-16-15-8/h1-5H,6H2,(H,13,14). The molecule has 1 N–H and O–H groups in total. The molecule has 0 aliphatic rings. The van der Waals surface area contributed by atoms with Crippen molar-refractivity contribution >= 4 is 42.6 Å². The molecule has 0 saturated carbocycles. The topological polar surface area (TPSA) is 51.0 Å². The molecule has 0 aliphatic carbocycles. The van der Waals surface area contributed by atoms with E-state index in [2.05, 4.69) is 37.5 Å². The maximum Gasteiger partial charge on any atom is 0.184 e. The van der Waals surface area contributed by atoms with Crippen LogP contribution in [0.15, 0.2) is 39.5 Å². The number of fused-ring (bicyclic) bond motifs is 1. The molecule has 2 heterocycles. The van der Waals surface area contributed by atoms with Crippen molar-refractivity contribution in [1.82, 2.24) is 10.1 Å². The van der Waals surface area contributed by atoms with E-state index in [1.165, 1.54) is 0 Å². The van der Waals surface area contributed by atoms with Gasteiger partial charge in [0.05, 0.1) is 16.8 Å². The highest BCUT2D eigenvalue weighted by Crippen LogP contribution is 2.28. The number of halogens is 1. The van der Waals surface area contributed by atoms with E-state index in [1.807, 2.05) is 18.2 Å². The number of thiazole rings is 1. The Morgan fingerprint density at radius 1 is 1.35 bits per heavy atom. The molecular weight excluding hydrogens is 302 g/mol. The van der Waals surface area contributed by atoms with E-state index < -0.39 is 0 Å². The van der Waals surface area contributed by atoms with E-state index in [4.69, 9.17) is 4.52 Å². The summed E-state index contributed by atoms with van der Waals surface area (Å²) in [6, 6.07) is 7.91. The van der Waals surface area contributed by atoms with E-state index >= 15 is 0 Å². The Labute approximate surface area is 110 Å². The molecule has 0 unspecified atom stereocenters. The summed E-state index contributed by atoms with van der Waals surface area (Å²) < 4.78 is 6.97. The summed E-state index contributed by atoms with van der Waals surface area (Å²) in [5, 5.41) is 7.95. The Morgan fingerprint density at radius 3 is 3.12 bits per heavy atom. The number of rotatable bonds is 3. The van der Waals surface area contributed by atoms with Crippen LogP contribution in [0.3, 0.4) is 0 Å². The predicted octanol–water partition coefficient (Wildman–Crippen LogP) is 3.66. The maximum atomic E-state index is 4.76. The van der Waals surface area contributed by atoms with Crippen molar-refractivity contribution in [3.63, 3.8) is 0 Å². The second kappa shape index (κ2) is 4.46. The van der Waals surface area contributed by atoms with Crippen LogP contribution in [0.2, 0.25) is 0 Å². The number of nitrogens with one attached hydrogen (secondary N) is 1. The third kappa shape index (κ3) is 2.32. The van der Waals surface area contributed by atoms with Gasteiger partial charge in [-0.25, -0.2) is 4.98 Å². The fraction of sp³-hybridized carbons (Fsp3) is 0.0909. The van der Waals surface area contributed by atoms with Crippen LogP contribution in [0.1, 0.15) is 5.69 Å². The summed E-state index contributed by atoms with van der Waals surface area (Å²) in [6.45, 7) is 0.623. The second-order valence-corrected chi connectivity index (χ2v) is 5.42. The van der Waals surface area contributed by atoms with Crippen LogP contribution >= 0.6 is 27.3 Å². The molecule has 0 bridgehead atoms. The highest BCUT2D eigenvalue weighted by molar-refractivity contribution is 9.10. The minimum atomic E-state index is 0.623. The van der Waals surface area contributed by atoms with E-state index in [9.17, 15) is 0 Å². The predicted molar refractivity (Wildman–Crippen MR) is 71.1 cm³/mol. The molecule has 2 aromatic heterocycles. The molecule has 1 aromatic carbocycles. The summed E-state index contributed by atoms with van der Waals surface area (Å²) in [5.74, 6) is 0. The van der Waals surface area contributed by atoms with E-state index in [1.54, 1.807) is 17.6 Å². The Kier molecular flexibility index (Phi) is 2.82. The van der Waals surface area contributed by atoms with Gasteiger partial charge in [-0.1, -0.05) is 32.4 Å². The van der Waals surface area contributed by atoms with Crippen LogP contribution in [-0.2, 0) is 6.54 Å². The molecule has 3 aromatic rings. The number of benzene rings is 1. The highest BCUT2D eigenvalue weighted by atomic mass is 79.9. The first-order valence-corrected chi connectivity index (χ1v) is 6.61. The van der Waals surface area contributed by atoms with Gasteiger partial charge in [0.1, 0.15) is 12.0 Å². The van der Waals surface area contributed by atoms with Crippen LogP contribution in [0.4, 0.5) is 5.13 Å². The zero-order valence-corrected chi connectivity index (χ0v) is 11.1. The number of hydrogen-bond donors (Lipinski definition) is 1. The van der Waals surface area contributed by atoms with Crippen molar-refractivity contribution in [2.24, 2.45) is 0 Å². The van der Waals surface area contributed by atoms with Gasteiger partial charge in [-0.15, -0.1) is 0 Å². The van der Waals surface area contributed by atoms with E-state index in [0.29, 0.717) is 6.54 Å². The second-order valence-electron chi connectivity index (χ2n) is 3.48. The number of nitrogens with zero attached hydrogens (tertiary/aromatic N) is 2. The molecule has 0 saturated heterocycles. The molecular formula is C11H8BrN3OS. The largest absolute Gasteiger partial charge is 0.364 e. The van der Waals surface area contributed by atoms with Crippen LogP contribution in [-0.4, -0.2) is 10.1 Å². The SMILES string of the molecule is Brc1ccc2sc(NCc3ccon3)nc2c1. The normalized spacial score (nSPS) is 10.9. The van der Waals surface area contributed by atoms with E-state index in [0.717, 1.165) is 25.5 Å². The first-order chi connectivity index (χ1) is 8.31. The molecule has 0 spiro atoms. The number of anilines is 1. The lowest BCUT2D eigenvalue weighted by atomic mass is 10.3. The first kappa shape index (κ1) is 10.7. The Hall–Kier alpha value is -1.40. The lowest BCUT2D eigenvalue weighted by molar-refractivity contribution is 0.412. The zero-order valence-electron chi connectivity index (χ0n) is 8.68. The van der Waals surface area contributed by atoms with Crippen molar-refractivity contribution in [2.75, 3.05) is 5.32 Å². The zero-order chi connectivity index (χ0) is 11.7. The average molecular weight is 310 g/mol. The summed E-state index contributed by atoms with van der Waals surface area (Å²) in [4.78, 5) is 4.49. The Balaban J connectivity index is 1.81. The van der Waals surface area contributed by atoms with Gasteiger partial charge in [0.2, 0.25) is 0 Å². The van der Waals surface area contributed by atoms with Crippen molar-refractivity contribution < 1.29 is 4.52 Å². The molecule has 17 heavy (non-hydrogen) atoms. The number of aromatic nitrogens is 2. The Bertz CT molecular complexity index is 635. The molecule has 4 nitrogen and oxygen atoms in total. The van der Waals surface area contributed by atoms with Crippen molar-refractivity contribution in [3.8, 4) is 0 Å². The average Bonchev–Trinajstić information content (AvgIpc) is 2.94. The van der Waals surface area contributed by atoms with E-state index in [-0.39, 0.29) is 0 Å².